The highest BCUT2D eigenvalue weighted by atomic mass is 16.8. The zero-order chi connectivity index (χ0) is 11.9. The lowest BCUT2D eigenvalue weighted by Gasteiger charge is -2.40. The van der Waals surface area contributed by atoms with Crippen LogP contribution in [0.4, 0.5) is 0 Å². The SMILES string of the molecule is CC[C@H]1OC(CN)[C@@H](N)[C@H]2OC(C)(C)O[C@H]21. The molecular formula is C11H22N2O3. The Bertz CT molecular complexity index is 260. The predicted molar refractivity (Wildman–Crippen MR) is 59.8 cm³/mol. The van der Waals surface area contributed by atoms with Gasteiger partial charge in [0.05, 0.1) is 18.2 Å². The van der Waals surface area contributed by atoms with Crippen LogP contribution in [-0.4, -0.2) is 42.8 Å². The largest absolute Gasteiger partial charge is 0.369 e. The van der Waals surface area contributed by atoms with Gasteiger partial charge in [-0.15, -0.1) is 0 Å². The second-order valence-corrected chi connectivity index (χ2v) is 5.00. The van der Waals surface area contributed by atoms with Crippen molar-refractivity contribution in [2.75, 3.05) is 6.54 Å². The van der Waals surface area contributed by atoms with Gasteiger partial charge < -0.3 is 25.7 Å². The average Bonchev–Trinajstić information content (AvgIpc) is 2.55. The zero-order valence-corrected chi connectivity index (χ0v) is 10.2. The van der Waals surface area contributed by atoms with Crippen LogP contribution in [-0.2, 0) is 14.2 Å². The molecule has 0 aromatic heterocycles. The molecule has 0 amide bonds. The molecular weight excluding hydrogens is 208 g/mol. The minimum absolute atomic E-state index is 0.0279. The Morgan fingerprint density at radius 2 is 1.75 bits per heavy atom. The smallest absolute Gasteiger partial charge is 0.163 e. The number of ether oxygens (including phenoxy) is 3. The molecule has 0 aliphatic carbocycles. The molecule has 5 atom stereocenters. The van der Waals surface area contributed by atoms with E-state index in [1.54, 1.807) is 0 Å². The Kier molecular flexibility index (Phi) is 3.25. The normalized spacial score (nSPS) is 46.7. The number of fused-ring (bicyclic) bond motifs is 1. The van der Waals surface area contributed by atoms with Crippen LogP contribution < -0.4 is 11.5 Å². The van der Waals surface area contributed by atoms with E-state index in [-0.39, 0.29) is 30.5 Å². The third-order valence-corrected chi connectivity index (χ3v) is 3.32. The van der Waals surface area contributed by atoms with Crippen molar-refractivity contribution in [2.45, 2.75) is 63.4 Å². The summed E-state index contributed by atoms with van der Waals surface area (Å²) >= 11 is 0. The quantitative estimate of drug-likeness (QED) is 0.696. The van der Waals surface area contributed by atoms with Crippen LogP contribution in [0.3, 0.4) is 0 Å². The summed E-state index contributed by atoms with van der Waals surface area (Å²) in [6.07, 6.45) is 0.591. The van der Waals surface area contributed by atoms with Crippen LogP contribution in [0.15, 0.2) is 0 Å². The van der Waals surface area contributed by atoms with Gasteiger partial charge in [0.25, 0.3) is 0 Å². The molecule has 0 aromatic carbocycles. The molecule has 2 rings (SSSR count). The maximum Gasteiger partial charge on any atom is 0.163 e. The van der Waals surface area contributed by atoms with Crippen LogP contribution in [0.25, 0.3) is 0 Å². The number of hydrogen-bond donors (Lipinski definition) is 2. The summed E-state index contributed by atoms with van der Waals surface area (Å²) < 4.78 is 17.5. The van der Waals surface area contributed by atoms with Crippen LogP contribution in [0.1, 0.15) is 27.2 Å². The predicted octanol–water partition coefficient (Wildman–Crippen LogP) is -0.0301. The third-order valence-electron chi connectivity index (χ3n) is 3.32. The summed E-state index contributed by atoms with van der Waals surface area (Å²) in [6.45, 7) is 6.30. The first-order valence-electron chi connectivity index (χ1n) is 5.95. The lowest BCUT2D eigenvalue weighted by Crippen LogP contribution is -2.61. The average molecular weight is 230 g/mol. The number of rotatable bonds is 2. The van der Waals surface area contributed by atoms with E-state index in [1.165, 1.54) is 0 Å². The molecule has 0 radical (unpaired) electrons. The van der Waals surface area contributed by atoms with E-state index in [1.807, 2.05) is 13.8 Å². The van der Waals surface area contributed by atoms with Crippen LogP contribution in [0, 0.1) is 0 Å². The molecule has 5 heteroatoms. The molecule has 4 N–H and O–H groups in total. The summed E-state index contributed by atoms with van der Waals surface area (Å²) in [6, 6.07) is -0.209. The van der Waals surface area contributed by atoms with Gasteiger partial charge in [0.2, 0.25) is 0 Å². The van der Waals surface area contributed by atoms with Gasteiger partial charge in [-0.3, -0.25) is 0 Å². The molecule has 2 heterocycles. The summed E-state index contributed by atoms with van der Waals surface area (Å²) in [5, 5.41) is 0. The molecule has 16 heavy (non-hydrogen) atoms. The van der Waals surface area contributed by atoms with Crippen molar-refractivity contribution in [3.8, 4) is 0 Å². The molecule has 94 valence electrons. The van der Waals surface area contributed by atoms with Crippen molar-refractivity contribution in [3.05, 3.63) is 0 Å². The molecule has 1 unspecified atom stereocenters. The first-order chi connectivity index (χ1) is 7.48. The molecule has 2 aliphatic rings. The molecule has 2 aliphatic heterocycles. The monoisotopic (exact) mass is 230 g/mol. The fourth-order valence-electron chi connectivity index (χ4n) is 2.55. The Morgan fingerprint density at radius 3 is 2.31 bits per heavy atom. The van der Waals surface area contributed by atoms with Gasteiger partial charge in [-0.25, -0.2) is 0 Å². The maximum atomic E-state index is 6.10. The van der Waals surface area contributed by atoms with Crippen LogP contribution >= 0.6 is 0 Å². The standard InChI is InChI=1S/C11H22N2O3/c1-4-6-9-10(16-11(2,3)15-9)8(13)7(5-12)14-6/h6-10H,4-5,12-13H2,1-3H3/t6-,7?,8-,9+,10-/m1/s1. The zero-order valence-electron chi connectivity index (χ0n) is 10.2. The van der Waals surface area contributed by atoms with Gasteiger partial charge in [0.1, 0.15) is 12.2 Å². The van der Waals surface area contributed by atoms with E-state index in [4.69, 9.17) is 25.7 Å². The first kappa shape index (κ1) is 12.3. The molecule has 0 bridgehead atoms. The number of hydrogen-bond acceptors (Lipinski definition) is 5. The second kappa shape index (κ2) is 4.23. The summed E-state index contributed by atoms with van der Waals surface area (Å²) in [5.41, 5.74) is 11.8. The number of nitrogens with two attached hydrogens (primary N) is 2. The summed E-state index contributed by atoms with van der Waals surface area (Å²) in [7, 11) is 0. The Labute approximate surface area is 96.4 Å². The highest BCUT2D eigenvalue weighted by Gasteiger charge is 2.52. The third kappa shape index (κ3) is 1.98. The Hall–Kier alpha value is -0.200. The maximum absolute atomic E-state index is 6.10. The fourth-order valence-corrected chi connectivity index (χ4v) is 2.55. The van der Waals surface area contributed by atoms with E-state index in [0.29, 0.717) is 6.54 Å². The van der Waals surface area contributed by atoms with Crippen molar-refractivity contribution in [3.63, 3.8) is 0 Å². The van der Waals surface area contributed by atoms with Gasteiger partial charge in [0, 0.05) is 6.54 Å². The molecule has 2 saturated heterocycles. The van der Waals surface area contributed by atoms with Crippen molar-refractivity contribution >= 4 is 0 Å². The second-order valence-electron chi connectivity index (χ2n) is 5.00. The Morgan fingerprint density at radius 1 is 1.12 bits per heavy atom. The van der Waals surface area contributed by atoms with Crippen molar-refractivity contribution in [1.29, 1.82) is 0 Å². The van der Waals surface area contributed by atoms with Gasteiger partial charge in [-0.2, -0.15) is 0 Å². The lowest BCUT2D eigenvalue weighted by atomic mass is 9.92. The van der Waals surface area contributed by atoms with Gasteiger partial charge in [0.15, 0.2) is 5.79 Å². The molecule has 5 nitrogen and oxygen atoms in total. The topological polar surface area (TPSA) is 79.7 Å². The molecule has 2 fully saturated rings. The van der Waals surface area contributed by atoms with E-state index in [9.17, 15) is 0 Å². The fraction of sp³-hybridized carbons (Fsp3) is 1.00. The summed E-state index contributed by atoms with van der Waals surface area (Å²) in [5.74, 6) is -0.576. The first-order valence-corrected chi connectivity index (χ1v) is 5.95. The van der Waals surface area contributed by atoms with Crippen molar-refractivity contribution in [1.82, 2.24) is 0 Å². The summed E-state index contributed by atoms with van der Waals surface area (Å²) in [4.78, 5) is 0. The van der Waals surface area contributed by atoms with Gasteiger partial charge in [-0.05, 0) is 20.3 Å². The minimum Gasteiger partial charge on any atom is -0.369 e. The van der Waals surface area contributed by atoms with E-state index in [0.717, 1.165) is 6.42 Å². The van der Waals surface area contributed by atoms with Gasteiger partial charge >= 0.3 is 0 Å². The van der Waals surface area contributed by atoms with Crippen LogP contribution in [0.5, 0.6) is 0 Å². The Balaban J connectivity index is 2.18. The van der Waals surface area contributed by atoms with E-state index in [2.05, 4.69) is 6.92 Å². The van der Waals surface area contributed by atoms with E-state index < -0.39 is 5.79 Å². The highest BCUT2D eigenvalue weighted by Crippen LogP contribution is 2.37. The minimum atomic E-state index is -0.576. The van der Waals surface area contributed by atoms with Gasteiger partial charge in [-0.1, -0.05) is 6.92 Å². The molecule has 0 aromatic rings. The van der Waals surface area contributed by atoms with Crippen molar-refractivity contribution in [2.24, 2.45) is 11.5 Å². The van der Waals surface area contributed by atoms with Crippen molar-refractivity contribution < 1.29 is 14.2 Å². The highest BCUT2D eigenvalue weighted by molar-refractivity contribution is 5.00. The lowest BCUT2D eigenvalue weighted by molar-refractivity contribution is -0.158. The molecule has 0 spiro atoms. The van der Waals surface area contributed by atoms with Crippen LogP contribution in [0.2, 0.25) is 0 Å². The van der Waals surface area contributed by atoms with E-state index >= 15 is 0 Å². The molecule has 0 saturated carbocycles.